The molecule has 2 N–H and O–H groups in total. The zero-order valence-corrected chi connectivity index (χ0v) is 16.1. The normalized spacial score (nSPS) is 10.6. The molecule has 26 heavy (non-hydrogen) atoms. The van der Waals surface area contributed by atoms with Gasteiger partial charge in [0, 0.05) is 11.4 Å². The monoisotopic (exact) mass is 345 g/mol. The minimum absolute atomic E-state index is 0.725. The summed E-state index contributed by atoms with van der Waals surface area (Å²) in [6.45, 7) is 9.98. The third kappa shape index (κ3) is 4.23. The number of para-hydroxylation sites is 2. The fourth-order valence-corrected chi connectivity index (χ4v) is 3.27. The highest BCUT2D eigenvalue weighted by Crippen LogP contribution is 2.21. The maximum Gasteiger partial charge on any atom is 0.0598 e. The molecule has 0 aliphatic carbocycles. The van der Waals surface area contributed by atoms with Crippen molar-refractivity contribution in [2.75, 3.05) is 10.6 Å². The van der Waals surface area contributed by atoms with Crippen LogP contribution in [0.2, 0.25) is 0 Å². The zero-order chi connectivity index (χ0) is 18.5. The highest BCUT2D eigenvalue weighted by Gasteiger charge is 2.05. The molecule has 1 aromatic heterocycles. The smallest absolute Gasteiger partial charge is 0.0598 e. The van der Waals surface area contributed by atoms with E-state index in [1.165, 1.54) is 33.6 Å². The molecule has 134 valence electrons. The summed E-state index contributed by atoms with van der Waals surface area (Å²) in [6, 6.07) is 18.9. The van der Waals surface area contributed by atoms with Gasteiger partial charge in [-0.3, -0.25) is 4.98 Å². The molecule has 3 nitrogen and oxygen atoms in total. The summed E-state index contributed by atoms with van der Waals surface area (Å²) in [5, 5.41) is 7.07. The van der Waals surface area contributed by atoms with Crippen molar-refractivity contribution in [2.24, 2.45) is 0 Å². The van der Waals surface area contributed by atoms with Crippen LogP contribution in [0.1, 0.15) is 33.6 Å². The van der Waals surface area contributed by atoms with E-state index in [2.05, 4.69) is 92.9 Å². The van der Waals surface area contributed by atoms with Gasteiger partial charge in [0.15, 0.2) is 0 Å². The Labute approximate surface area is 156 Å². The number of pyridine rings is 1. The standard InChI is InChI=1S/C23H27N3/c1-16-8-5-9-17(2)22(16)24-14-20-12-7-13-21(26-20)15-25-23-18(3)10-6-11-19(23)4/h5-13,24-25H,14-15H2,1-4H3. The maximum absolute atomic E-state index is 4.80. The second-order valence-corrected chi connectivity index (χ2v) is 6.86. The first kappa shape index (κ1) is 18.0. The average Bonchev–Trinajstić information content (AvgIpc) is 2.61. The van der Waals surface area contributed by atoms with Crippen molar-refractivity contribution >= 4 is 11.4 Å². The predicted molar refractivity (Wildman–Crippen MR) is 111 cm³/mol. The Morgan fingerprint density at radius 3 is 1.31 bits per heavy atom. The zero-order valence-electron chi connectivity index (χ0n) is 16.1. The van der Waals surface area contributed by atoms with Gasteiger partial charge in [0.25, 0.3) is 0 Å². The fourth-order valence-electron chi connectivity index (χ4n) is 3.27. The van der Waals surface area contributed by atoms with Gasteiger partial charge in [0.05, 0.1) is 24.5 Å². The predicted octanol–water partition coefficient (Wildman–Crippen LogP) is 5.54. The van der Waals surface area contributed by atoms with Gasteiger partial charge in [0.2, 0.25) is 0 Å². The molecule has 0 unspecified atom stereocenters. The third-order valence-electron chi connectivity index (χ3n) is 4.72. The molecule has 3 rings (SSSR count). The van der Waals surface area contributed by atoms with Crippen LogP contribution in [0.3, 0.4) is 0 Å². The van der Waals surface area contributed by atoms with Gasteiger partial charge in [-0.15, -0.1) is 0 Å². The van der Waals surface area contributed by atoms with Crippen LogP contribution in [0, 0.1) is 27.7 Å². The Kier molecular flexibility index (Phi) is 5.57. The van der Waals surface area contributed by atoms with Crippen molar-refractivity contribution in [3.8, 4) is 0 Å². The maximum atomic E-state index is 4.80. The van der Waals surface area contributed by atoms with Gasteiger partial charge < -0.3 is 10.6 Å². The van der Waals surface area contributed by atoms with E-state index in [0.29, 0.717) is 0 Å². The van der Waals surface area contributed by atoms with E-state index in [1.54, 1.807) is 0 Å². The fraction of sp³-hybridized carbons (Fsp3) is 0.261. The van der Waals surface area contributed by atoms with Crippen LogP contribution in [0.5, 0.6) is 0 Å². The number of aromatic nitrogens is 1. The summed E-state index contributed by atoms with van der Waals surface area (Å²) in [7, 11) is 0. The second-order valence-electron chi connectivity index (χ2n) is 6.86. The lowest BCUT2D eigenvalue weighted by Crippen LogP contribution is -2.08. The summed E-state index contributed by atoms with van der Waals surface area (Å²) >= 11 is 0. The van der Waals surface area contributed by atoms with E-state index in [1.807, 2.05) is 0 Å². The largest absolute Gasteiger partial charge is 0.379 e. The molecule has 0 fully saturated rings. The molecule has 0 aliphatic rings. The topological polar surface area (TPSA) is 37.0 Å². The van der Waals surface area contributed by atoms with Gasteiger partial charge in [-0.1, -0.05) is 42.5 Å². The lowest BCUT2D eigenvalue weighted by molar-refractivity contribution is 0.961. The molecule has 0 radical (unpaired) electrons. The molecular formula is C23H27N3. The minimum Gasteiger partial charge on any atom is -0.379 e. The van der Waals surface area contributed by atoms with Gasteiger partial charge in [-0.2, -0.15) is 0 Å². The summed E-state index contributed by atoms with van der Waals surface area (Å²) in [6.07, 6.45) is 0. The molecular weight excluding hydrogens is 318 g/mol. The lowest BCUT2D eigenvalue weighted by atomic mass is 10.1. The van der Waals surface area contributed by atoms with E-state index >= 15 is 0 Å². The molecule has 2 aromatic carbocycles. The summed E-state index contributed by atoms with van der Waals surface area (Å²) in [5.41, 5.74) is 9.55. The molecule has 0 saturated heterocycles. The Balaban J connectivity index is 1.67. The highest BCUT2D eigenvalue weighted by atomic mass is 14.9. The van der Waals surface area contributed by atoms with Crippen molar-refractivity contribution in [2.45, 2.75) is 40.8 Å². The van der Waals surface area contributed by atoms with Crippen LogP contribution in [0.4, 0.5) is 11.4 Å². The van der Waals surface area contributed by atoms with Crippen LogP contribution in [-0.2, 0) is 13.1 Å². The first-order valence-corrected chi connectivity index (χ1v) is 9.09. The summed E-state index contributed by atoms with van der Waals surface area (Å²) in [4.78, 5) is 4.80. The van der Waals surface area contributed by atoms with Crippen molar-refractivity contribution in [1.29, 1.82) is 0 Å². The van der Waals surface area contributed by atoms with Crippen LogP contribution in [0.15, 0.2) is 54.6 Å². The molecule has 0 bridgehead atoms. The van der Waals surface area contributed by atoms with Crippen molar-refractivity contribution < 1.29 is 0 Å². The van der Waals surface area contributed by atoms with Gasteiger partial charge in [-0.05, 0) is 62.1 Å². The first-order valence-electron chi connectivity index (χ1n) is 9.09. The van der Waals surface area contributed by atoms with E-state index in [0.717, 1.165) is 24.5 Å². The van der Waals surface area contributed by atoms with Gasteiger partial charge in [0.1, 0.15) is 0 Å². The molecule has 0 aliphatic heterocycles. The van der Waals surface area contributed by atoms with E-state index < -0.39 is 0 Å². The number of aryl methyl sites for hydroxylation is 4. The lowest BCUT2D eigenvalue weighted by Gasteiger charge is -2.14. The van der Waals surface area contributed by atoms with E-state index in [9.17, 15) is 0 Å². The van der Waals surface area contributed by atoms with Crippen LogP contribution in [0.25, 0.3) is 0 Å². The Morgan fingerprint density at radius 1 is 0.577 bits per heavy atom. The number of hydrogen-bond donors (Lipinski definition) is 2. The molecule has 0 saturated carbocycles. The molecule has 3 aromatic rings. The second kappa shape index (κ2) is 8.05. The van der Waals surface area contributed by atoms with Crippen LogP contribution >= 0.6 is 0 Å². The average molecular weight is 345 g/mol. The van der Waals surface area contributed by atoms with Gasteiger partial charge >= 0.3 is 0 Å². The highest BCUT2D eigenvalue weighted by molar-refractivity contribution is 5.57. The molecule has 0 amide bonds. The summed E-state index contributed by atoms with van der Waals surface area (Å²) < 4.78 is 0. The molecule has 0 spiro atoms. The number of hydrogen-bond acceptors (Lipinski definition) is 3. The quantitative estimate of drug-likeness (QED) is 0.616. The Morgan fingerprint density at radius 2 is 0.923 bits per heavy atom. The van der Waals surface area contributed by atoms with Gasteiger partial charge in [-0.25, -0.2) is 0 Å². The van der Waals surface area contributed by atoms with Crippen molar-refractivity contribution in [3.63, 3.8) is 0 Å². The Bertz CT molecular complexity index is 788. The van der Waals surface area contributed by atoms with E-state index in [4.69, 9.17) is 4.98 Å². The molecule has 1 heterocycles. The van der Waals surface area contributed by atoms with Crippen LogP contribution < -0.4 is 10.6 Å². The molecule has 0 atom stereocenters. The van der Waals surface area contributed by atoms with E-state index in [-0.39, 0.29) is 0 Å². The SMILES string of the molecule is Cc1cccc(C)c1NCc1cccc(CNc2c(C)cccc2C)n1. The number of nitrogens with one attached hydrogen (secondary N) is 2. The number of rotatable bonds is 6. The number of nitrogens with zero attached hydrogens (tertiary/aromatic N) is 1. The molecule has 3 heteroatoms. The Hall–Kier alpha value is -2.81. The number of benzene rings is 2. The van der Waals surface area contributed by atoms with Crippen molar-refractivity contribution in [3.05, 3.63) is 88.2 Å². The number of anilines is 2. The first-order chi connectivity index (χ1) is 12.5. The van der Waals surface area contributed by atoms with Crippen molar-refractivity contribution in [1.82, 2.24) is 4.98 Å². The summed E-state index contributed by atoms with van der Waals surface area (Å²) in [5.74, 6) is 0. The van der Waals surface area contributed by atoms with Crippen LogP contribution in [-0.4, -0.2) is 4.98 Å². The third-order valence-corrected chi connectivity index (χ3v) is 4.72. The minimum atomic E-state index is 0.725.